The van der Waals surface area contributed by atoms with Crippen LogP contribution in [0.4, 0.5) is 10.5 Å². The summed E-state index contributed by atoms with van der Waals surface area (Å²) in [6.45, 7) is 2.18. The Morgan fingerprint density at radius 2 is 1.87 bits per heavy atom. The number of nitrogens with zero attached hydrogens (tertiary/aromatic N) is 2. The molecule has 7 heteroatoms. The highest BCUT2D eigenvalue weighted by atomic mass is 16.3. The lowest BCUT2D eigenvalue weighted by Crippen LogP contribution is -2.39. The van der Waals surface area contributed by atoms with Crippen LogP contribution < -0.4 is 10.6 Å². The Kier molecular flexibility index (Phi) is 7.43. The number of β-amino-alcohol motifs (C(OH)–C–C–N with tert-alkyl or cyclic N) is 1. The zero-order chi connectivity index (χ0) is 21.5. The first-order chi connectivity index (χ1) is 14.5. The highest BCUT2D eigenvalue weighted by molar-refractivity contribution is 5.89. The van der Waals surface area contributed by atoms with Gasteiger partial charge in [0.1, 0.15) is 0 Å². The molecular formula is C23H30N4O3. The molecule has 3 N–H and O–H groups in total. The number of rotatable bonds is 7. The summed E-state index contributed by atoms with van der Waals surface area (Å²) in [5.41, 5.74) is 2.64. The molecule has 2 aromatic carbocycles. The molecule has 7 nitrogen and oxygen atoms in total. The van der Waals surface area contributed by atoms with Crippen LogP contribution in [-0.2, 0) is 11.2 Å². The number of carbonyl (C=O) groups is 2. The van der Waals surface area contributed by atoms with Crippen LogP contribution in [0.15, 0.2) is 54.6 Å². The van der Waals surface area contributed by atoms with Crippen molar-refractivity contribution >= 4 is 17.6 Å². The van der Waals surface area contributed by atoms with Gasteiger partial charge in [0.2, 0.25) is 5.91 Å². The number of carbonyl (C=O) groups excluding carboxylic acids is 2. The van der Waals surface area contributed by atoms with E-state index in [4.69, 9.17) is 0 Å². The van der Waals surface area contributed by atoms with Crippen LogP contribution in [0.25, 0.3) is 0 Å². The molecule has 0 radical (unpaired) electrons. The number of hydrogen-bond donors (Lipinski definition) is 3. The van der Waals surface area contributed by atoms with Crippen LogP contribution in [0.5, 0.6) is 0 Å². The third-order valence-electron chi connectivity index (χ3n) is 5.52. The van der Waals surface area contributed by atoms with E-state index in [2.05, 4.69) is 15.5 Å². The summed E-state index contributed by atoms with van der Waals surface area (Å²) < 4.78 is 0. The van der Waals surface area contributed by atoms with Gasteiger partial charge in [-0.1, -0.05) is 42.5 Å². The number of likely N-dealkylation sites (tertiary alicyclic amines) is 1. The summed E-state index contributed by atoms with van der Waals surface area (Å²) in [4.78, 5) is 28.5. The van der Waals surface area contributed by atoms with Gasteiger partial charge in [-0.3, -0.25) is 9.69 Å². The summed E-state index contributed by atoms with van der Waals surface area (Å²) in [7, 11) is 3.40. The largest absolute Gasteiger partial charge is 0.392 e. The number of aliphatic hydroxyl groups is 1. The number of hydrogen-bond acceptors (Lipinski definition) is 4. The van der Waals surface area contributed by atoms with Gasteiger partial charge in [0.15, 0.2) is 0 Å². The van der Waals surface area contributed by atoms with E-state index in [1.807, 2.05) is 49.5 Å². The number of aliphatic hydroxyl groups excluding tert-OH is 1. The van der Waals surface area contributed by atoms with E-state index in [-0.39, 0.29) is 30.5 Å². The van der Waals surface area contributed by atoms with Gasteiger partial charge >= 0.3 is 6.03 Å². The summed E-state index contributed by atoms with van der Waals surface area (Å²) in [5.74, 6) is 0.0237. The van der Waals surface area contributed by atoms with Gasteiger partial charge in [-0.05, 0) is 29.7 Å². The highest BCUT2D eigenvalue weighted by Gasteiger charge is 2.28. The number of urea groups is 1. The zero-order valence-corrected chi connectivity index (χ0v) is 17.5. The standard InChI is InChI=1S/C23H30N4O3/c1-24-23(30)25-19-10-8-17(9-11-19)14-22(29)26(2)21(18-6-4-3-5-7-18)16-27-13-12-20(28)15-27/h3-11,20-21,28H,12-16H2,1-2H3,(H2,24,25,30). The minimum atomic E-state index is -0.288. The lowest BCUT2D eigenvalue weighted by atomic mass is 10.0. The van der Waals surface area contributed by atoms with Crippen molar-refractivity contribution in [2.24, 2.45) is 0 Å². The van der Waals surface area contributed by atoms with E-state index >= 15 is 0 Å². The van der Waals surface area contributed by atoms with Crippen molar-refractivity contribution in [2.75, 3.05) is 39.0 Å². The molecule has 1 saturated heterocycles. The summed E-state index contributed by atoms with van der Waals surface area (Å²) in [5, 5.41) is 15.1. The van der Waals surface area contributed by atoms with Crippen molar-refractivity contribution in [3.8, 4) is 0 Å². The average Bonchev–Trinajstić information content (AvgIpc) is 3.18. The van der Waals surface area contributed by atoms with Gasteiger partial charge in [0.25, 0.3) is 0 Å². The van der Waals surface area contributed by atoms with E-state index in [1.54, 1.807) is 24.1 Å². The van der Waals surface area contributed by atoms with Crippen LogP contribution in [0.3, 0.4) is 0 Å². The van der Waals surface area contributed by atoms with Crippen molar-refractivity contribution in [1.29, 1.82) is 0 Å². The molecule has 0 aliphatic carbocycles. The first kappa shape index (κ1) is 21.8. The topological polar surface area (TPSA) is 84.9 Å². The highest BCUT2D eigenvalue weighted by Crippen LogP contribution is 2.24. The Hall–Kier alpha value is -2.90. The van der Waals surface area contributed by atoms with Crippen molar-refractivity contribution in [2.45, 2.75) is 25.0 Å². The van der Waals surface area contributed by atoms with Crippen molar-refractivity contribution in [1.82, 2.24) is 15.1 Å². The first-order valence-corrected chi connectivity index (χ1v) is 10.2. The maximum absolute atomic E-state index is 13.1. The number of nitrogens with one attached hydrogen (secondary N) is 2. The molecular weight excluding hydrogens is 380 g/mol. The first-order valence-electron chi connectivity index (χ1n) is 10.2. The summed E-state index contributed by atoms with van der Waals surface area (Å²) in [6.07, 6.45) is 0.766. The monoisotopic (exact) mass is 410 g/mol. The third kappa shape index (κ3) is 5.81. The van der Waals surface area contributed by atoms with E-state index < -0.39 is 0 Å². The zero-order valence-electron chi connectivity index (χ0n) is 17.5. The molecule has 2 atom stereocenters. The molecule has 0 aromatic heterocycles. The Labute approximate surface area is 177 Å². The fourth-order valence-electron chi connectivity index (χ4n) is 3.72. The lowest BCUT2D eigenvalue weighted by Gasteiger charge is -2.32. The molecule has 2 unspecified atom stereocenters. The molecule has 3 rings (SSSR count). The van der Waals surface area contributed by atoms with Gasteiger partial charge < -0.3 is 20.6 Å². The summed E-state index contributed by atoms with van der Waals surface area (Å²) in [6, 6.07) is 16.9. The van der Waals surface area contributed by atoms with E-state index in [1.165, 1.54) is 0 Å². The third-order valence-corrected chi connectivity index (χ3v) is 5.52. The minimum absolute atomic E-state index is 0.0237. The van der Waals surface area contributed by atoms with Gasteiger partial charge in [-0.2, -0.15) is 0 Å². The second-order valence-electron chi connectivity index (χ2n) is 7.71. The Balaban J connectivity index is 1.68. The van der Waals surface area contributed by atoms with Crippen molar-refractivity contribution in [3.05, 3.63) is 65.7 Å². The molecule has 0 bridgehead atoms. The van der Waals surface area contributed by atoms with Crippen molar-refractivity contribution in [3.63, 3.8) is 0 Å². The second kappa shape index (κ2) is 10.2. The predicted octanol–water partition coefficient (Wildman–Crippen LogP) is 2.25. The quantitative estimate of drug-likeness (QED) is 0.654. The van der Waals surface area contributed by atoms with Crippen LogP contribution in [0.1, 0.15) is 23.6 Å². The maximum Gasteiger partial charge on any atom is 0.318 e. The van der Waals surface area contributed by atoms with E-state index in [0.29, 0.717) is 18.8 Å². The molecule has 1 heterocycles. The normalized spacial score (nSPS) is 17.4. The molecule has 30 heavy (non-hydrogen) atoms. The van der Waals surface area contributed by atoms with Gasteiger partial charge in [0.05, 0.1) is 18.6 Å². The fourth-order valence-corrected chi connectivity index (χ4v) is 3.72. The molecule has 2 aromatic rings. The maximum atomic E-state index is 13.1. The Morgan fingerprint density at radius 3 is 2.47 bits per heavy atom. The molecule has 160 valence electrons. The SMILES string of the molecule is CNC(=O)Nc1ccc(CC(=O)N(C)C(CN2CCC(O)C2)c2ccccc2)cc1. The van der Waals surface area contributed by atoms with E-state index in [0.717, 1.165) is 24.1 Å². The lowest BCUT2D eigenvalue weighted by molar-refractivity contribution is -0.131. The Morgan fingerprint density at radius 1 is 1.17 bits per heavy atom. The molecule has 1 aliphatic heterocycles. The summed E-state index contributed by atoms with van der Waals surface area (Å²) >= 11 is 0. The van der Waals surface area contributed by atoms with Crippen molar-refractivity contribution < 1.29 is 14.7 Å². The van der Waals surface area contributed by atoms with Gasteiger partial charge in [-0.15, -0.1) is 0 Å². The van der Waals surface area contributed by atoms with Gasteiger partial charge in [-0.25, -0.2) is 4.79 Å². The minimum Gasteiger partial charge on any atom is -0.392 e. The van der Waals surface area contributed by atoms with Gasteiger partial charge in [0, 0.05) is 39.4 Å². The average molecular weight is 411 g/mol. The van der Waals surface area contributed by atoms with Crippen LogP contribution >= 0.6 is 0 Å². The smallest absolute Gasteiger partial charge is 0.318 e. The number of amides is 3. The van der Waals surface area contributed by atoms with Crippen LogP contribution in [0.2, 0.25) is 0 Å². The molecule has 0 spiro atoms. The predicted molar refractivity (Wildman–Crippen MR) is 117 cm³/mol. The molecule has 3 amide bonds. The second-order valence-corrected chi connectivity index (χ2v) is 7.71. The number of anilines is 1. The van der Waals surface area contributed by atoms with Crippen LogP contribution in [0, 0.1) is 0 Å². The molecule has 1 aliphatic rings. The fraction of sp³-hybridized carbons (Fsp3) is 0.391. The molecule has 0 saturated carbocycles. The number of likely N-dealkylation sites (N-methyl/N-ethyl adjacent to an activating group) is 1. The molecule has 1 fully saturated rings. The van der Waals surface area contributed by atoms with E-state index in [9.17, 15) is 14.7 Å². The Bertz CT molecular complexity index is 841. The van der Waals surface area contributed by atoms with Crippen LogP contribution in [-0.4, -0.2) is 66.7 Å². The number of benzene rings is 2.